The van der Waals surface area contributed by atoms with Crippen molar-refractivity contribution in [3.05, 3.63) is 59.0 Å². The Morgan fingerprint density at radius 2 is 2.19 bits per heavy atom. The van der Waals surface area contributed by atoms with E-state index < -0.39 is 0 Å². The Morgan fingerprint density at radius 3 is 3.00 bits per heavy atom. The Balaban J connectivity index is 1.68. The highest BCUT2D eigenvalue weighted by Gasteiger charge is 2.12. The summed E-state index contributed by atoms with van der Waals surface area (Å²) in [6.07, 6.45) is 3.81. The van der Waals surface area contributed by atoms with E-state index in [0.717, 1.165) is 21.3 Å². The first-order valence-electron chi connectivity index (χ1n) is 6.65. The fourth-order valence-corrected chi connectivity index (χ4v) is 2.91. The van der Waals surface area contributed by atoms with Crippen LogP contribution in [0, 0.1) is 0 Å². The molecule has 1 amide bonds. The summed E-state index contributed by atoms with van der Waals surface area (Å²) in [5.41, 5.74) is 6.80. The van der Waals surface area contributed by atoms with Gasteiger partial charge in [0.25, 0.3) is 0 Å². The van der Waals surface area contributed by atoms with Gasteiger partial charge in [-0.1, -0.05) is 12.1 Å². The lowest BCUT2D eigenvalue weighted by Gasteiger charge is -2.10. The van der Waals surface area contributed by atoms with Crippen LogP contribution in [-0.4, -0.2) is 10.9 Å². The lowest BCUT2D eigenvalue weighted by molar-refractivity contribution is -0.116. The van der Waals surface area contributed by atoms with E-state index in [1.807, 2.05) is 41.8 Å². The summed E-state index contributed by atoms with van der Waals surface area (Å²) in [5.74, 6) is -0.0793. The molecule has 2 heterocycles. The normalized spacial score (nSPS) is 12.2. The molecular weight excluding hydrogens is 282 g/mol. The van der Waals surface area contributed by atoms with Gasteiger partial charge in [0, 0.05) is 40.8 Å². The number of aromatic nitrogens is 1. The predicted molar refractivity (Wildman–Crippen MR) is 86.2 cm³/mol. The Kier molecular flexibility index (Phi) is 3.94. The Labute approximate surface area is 126 Å². The van der Waals surface area contributed by atoms with E-state index in [1.54, 1.807) is 23.7 Å². The molecule has 2 aromatic heterocycles. The van der Waals surface area contributed by atoms with Gasteiger partial charge in [-0.2, -0.15) is 0 Å². The van der Waals surface area contributed by atoms with Crippen LogP contribution < -0.4 is 11.1 Å². The van der Waals surface area contributed by atoms with Gasteiger partial charge in [-0.15, -0.1) is 11.3 Å². The number of anilines is 1. The van der Waals surface area contributed by atoms with E-state index in [9.17, 15) is 4.79 Å². The van der Waals surface area contributed by atoms with Gasteiger partial charge in [-0.05, 0) is 35.0 Å². The zero-order chi connectivity index (χ0) is 14.7. The van der Waals surface area contributed by atoms with E-state index in [-0.39, 0.29) is 18.4 Å². The average Bonchev–Trinajstić information content (AvgIpc) is 3.01. The number of benzene rings is 1. The maximum atomic E-state index is 12.1. The van der Waals surface area contributed by atoms with E-state index in [1.165, 1.54) is 0 Å². The third-order valence-corrected chi connectivity index (χ3v) is 4.24. The topological polar surface area (TPSA) is 68.0 Å². The Bertz CT molecular complexity index is 755. The number of nitrogens with one attached hydrogen (secondary N) is 1. The summed E-state index contributed by atoms with van der Waals surface area (Å²) in [5, 5.41) is 6.95. The number of thiophene rings is 1. The number of nitrogens with two attached hydrogens (primary N) is 1. The molecule has 106 valence electrons. The van der Waals surface area contributed by atoms with Crippen molar-refractivity contribution in [1.29, 1.82) is 0 Å². The molecule has 0 saturated heterocycles. The molecule has 0 unspecified atom stereocenters. The first-order chi connectivity index (χ1) is 10.2. The van der Waals surface area contributed by atoms with Crippen molar-refractivity contribution in [1.82, 2.24) is 4.98 Å². The van der Waals surface area contributed by atoms with Gasteiger partial charge in [0.05, 0.1) is 0 Å². The summed E-state index contributed by atoms with van der Waals surface area (Å²) >= 11 is 1.57. The standard InChI is InChI=1S/C16H15N3OS/c17-14(15-2-1-7-21-15)9-16(20)19-13-4-3-12-10-18-6-5-11(12)8-13/h1-8,10,14H,9,17H2,(H,19,20)/t14-/m0/s1. The molecule has 0 fully saturated rings. The van der Waals surface area contributed by atoms with Crippen molar-refractivity contribution in [3.63, 3.8) is 0 Å². The van der Waals surface area contributed by atoms with Crippen molar-refractivity contribution in [2.75, 3.05) is 5.32 Å². The molecule has 0 aliphatic heterocycles. The van der Waals surface area contributed by atoms with Crippen molar-refractivity contribution in [3.8, 4) is 0 Å². The zero-order valence-electron chi connectivity index (χ0n) is 11.3. The van der Waals surface area contributed by atoms with Crippen LogP contribution in [0.4, 0.5) is 5.69 Å². The van der Waals surface area contributed by atoms with E-state index in [0.29, 0.717) is 0 Å². The van der Waals surface area contributed by atoms with Gasteiger partial charge < -0.3 is 11.1 Å². The van der Waals surface area contributed by atoms with Gasteiger partial charge in [0.2, 0.25) is 5.91 Å². The Hall–Kier alpha value is -2.24. The van der Waals surface area contributed by atoms with Crippen molar-refractivity contribution >= 4 is 33.7 Å². The highest BCUT2D eigenvalue weighted by Crippen LogP contribution is 2.21. The smallest absolute Gasteiger partial charge is 0.226 e. The summed E-state index contributed by atoms with van der Waals surface area (Å²) in [6.45, 7) is 0. The molecule has 21 heavy (non-hydrogen) atoms. The van der Waals surface area contributed by atoms with Crippen LogP contribution in [0.25, 0.3) is 10.8 Å². The van der Waals surface area contributed by atoms with Gasteiger partial charge in [-0.25, -0.2) is 0 Å². The number of hydrogen-bond donors (Lipinski definition) is 2. The summed E-state index contributed by atoms with van der Waals surface area (Å²) in [4.78, 5) is 17.1. The van der Waals surface area contributed by atoms with E-state index in [2.05, 4.69) is 10.3 Å². The maximum absolute atomic E-state index is 12.1. The molecule has 5 heteroatoms. The number of carbonyl (C=O) groups excluding carboxylic acids is 1. The fraction of sp³-hybridized carbons (Fsp3) is 0.125. The van der Waals surface area contributed by atoms with Gasteiger partial charge in [0.15, 0.2) is 0 Å². The fourth-order valence-electron chi connectivity index (χ4n) is 2.18. The molecule has 3 N–H and O–H groups in total. The SMILES string of the molecule is N[C@@H](CC(=O)Nc1ccc2cnccc2c1)c1cccs1. The molecule has 0 spiro atoms. The second-order valence-electron chi connectivity index (χ2n) is 4.81. The van der Waals surface area contributed by atoms with Crippen LogP contribution in [0.2, 0.25) is 0 Å². The molecule has 4 nitrogen and oxygen atoms in total. The monoisotopic (exact) mass is 297 g/mol. The van der Waals surface area contributed by atoms with E-state index >= 15 is 0 Å². The second-order valence-corrected chi connectivity index (χ2v) is 5.79. The van der Waals surface area contributed by atoms with Gasteiger partial charge >= 0.3 is 0 Å². The molecule has 3 aromatic rings. The van der Waals surface area contributed by atoms with Gasteiger partial charge in [-0.3, -0.25) is 9.78 Å². The van der Waals surface area contributed by atoms with Crippen molar-refractivity contribution in [2.24, 2.45) is 5.73 Å². The first-order valence-corrected chi connectivity index (χ1v) is 7.53. The van der Waals surface area contributed by atoms with E-state index in [4.69, 9.17) is 5.73 Å². The minimum atomic E-state index is -0.255. The summed E-state index contributed by atoms with van der Waals surface area (Å²) in [6, 6.07) is 11.3. The molecule has 0 saturated carbocycles. The molecule has 1 atom stereocenters. The lowest BCUT2D eigenvalue weighted by atomic mass is 10.1. The minimum absolute atomic E-state index is 0.0793. The third kappa shape index (κ3) is 3.26. The van der Waals surface area contributed by atoms with Gasteiger partial charge in [0.1, 0.15) is 0 Å². The number of rotatable bonds is 4. The van der Waals surface area contributed by atoms with Crippen LogP contribution in [0.15, 0.2) is 54.2 Å². The summed E-state index contributed by atoms with van der Waals surface area (Å²) in [7, 11) is 0. The largest absolute Gasteiger partial charge is 0.326 e. The second kappa shape index (κ2) is 6.03. The Morgan fingerprint density at radius 1 is 1.29 bits per heavy atom. The number of pyridine rings is 1. The van der Waals surface area contributed by atoms with Crippen LogP contribution >= 0.6 is 11.3 Å². The highest BCUT2D eigenvalue weighted by molar-refractivity contribution is 7.10. The maximum Gasteiger partial charge on any atom is 0.226 e. The molecular formula is C16H15N3OS. The van der Waals surface area contributed by atoms with Crippen molar-refractivity contribution < 1.29 is 4.79 Å². The lowest BCUT2D eigenvalue weighted by Crippen LogP contribution is -2.19. The average molecular weight is 297 g/mol. The molecule has 0 aliphatic carbocycles. The number of nitrogens with zero attached hydrogens (tertiary/aromatic N) is 1. The molecule has 0 aliphatic rings. The number of fused-ring (bicyclic) bond motifs is 1. The quantitative estimate of drug-likeness (QED) is 0.776. The number of amides is 1. The van der Waals surface area contributed by atoms with Crippen molar-refractivity contribution in [2.45, 2.75) is 12.5 Å². The molecule has 0 bridgehead atoms. The van der Waals surface area contributed by atoms with Crippen LogP contribution in [-0.2, 0) is 4.79 Å². The number of carbonyl (C=O) groups is 1. The molecule has 1 aromatic carbocycles. The highest BCUT2D eigenvalue weighted by atomic mass is 32.1. The molecule has 3 rings (SSSR count). The summed E-state index contributed by atoms with van der Waals surface area (Å²) < 4.78 is 0. The molecule has 0 radical (unpaired) electrons. The number of hydrogen-bond acceptors (Lipinski definition) is 4. The van der Waals surface area contributed by atoms with Crippen LogP contribution in [0.3, 0.4) is 0 Å². The minimum Gasteiger partial charge on any atom is -0.326 e. The zero-order valence-corrected chi connectivity index (χ0v) is 12.1. The van der Waals surface area contributed by atoms with Crippen LogP contribution in [0.1, 0.15) is 17.3 Å². The van der Waals surface area contributed by atoms with Crippen LogP contribution in [0.5, 0.6) is 0 Å². The third-order valence-electron chi connectivity index (χ3n) is 3.24. The first kappa shape index (κ1) is 13.7. The predicted octanol–water partition coefficient (Wildman–Crippen LogP) is 3.32.